The highest BCUT2D eigenvalue weighted by Crippen LogP contribution is 2.16. The first kappa shape index (κ1) is 19.5. The molecule has 0 saturated heterocycles. The van der Waals surface area contributed by atoms with Crippen LogP contribution in [0.15, 0.2) is 48.5 Å². The van der Waals surface area contributed by atoms with Crippen molar-refractivity contribution in [3.63, 3.8) is 0 Å². The number of anilines is 1. The van der Waals surface area contributed by atoms with Gasteiger partial charge in [-0.05, 0) is 75.7 Å². The van der Waals surface area contributed by atoms with Gasteiger partial charge >= 0.3 is 0 Å². The fourth-order valence-electron chi connectivity index (χ4n) is 2.25. The average molecular weight is 354 g/mol. The number of carbonyl (C=O) groups excluding carboxylic acids is 2. The molecule has 1 atom stereocenters. The molecule has 0 radical (unpaired) electrons. The Morgan fingerprint density at radius 2 is 1.42 bits per heavy atom. The van der Waals surface area contributed by atoms with Crippen LogP contribution in [0.5, 0.6) is 5.75 Å². The van der Waals surface area contributed by atoms with E-state index in [1.807, 2.05) is 20.8 Å². The molecule has 0 fully saturated rings. The Morgan fingerprint density at radius 3 is 1.96 bits per heavy atom. The van der Waals surface area contributed by atoms with Crippen LogP contribution in [0.25, 0.3) is 0 Å². The molecule has 5 nitrogen and oxygen atoms in total. The van der Waals surface area contributed by atoms with Crippen molar-refractivity contribution in [1.82, 2.24) is 5.32 Å². The van der Waals surface area contributed by atoms with Crippen molar-refractivity contribution in [2.75, 3.05) is 5.32 Å². The SMILES string of the molecule is CCC(C)Oc1ccc(C(=O)Nc2ccc(C(=O)NC(C)C)cc2)cc1. The van der Waals surface area contributed by atoms with Crippen molar-refractivity contribution in [1.29, 1.82) is 0 Å². The van der Waals surface area contributed by atoms with Gasteiger partial charge in [-0.25, -0.2) is 0 Å². The first-order valence-electron chi connectivity index (χ1n) is 8.88. The summed E-state index contributed by atoms with van der Waals surface area (Å²) in [6.07, 6.45) is 1.06. The maximum absolute atomic E-state index is 12.3. The Morgan fingerprint density at radius 1 is 0.885 bits per heavy atom. The number of carbonyl (C=O) groups is 2. The van der Waals surface area contributed by atoms with E-state index in [9.17, 15) is 9.59 Å². The molecular weight excluding hydrogens is 328 g/mol. The zero-order chi connectivity index (χ0) is 19.1. The molecule has 0 aliphatic rings. The van der Waals surface area contributed by atoms with Gasteiger partial charge in [0.05, 0.1) is 6.10 Å². The highest BCUT2D eigenvalue weighted by molar-refractivity contribution is 6.04. The molecule has 138 valence electrons. The monoisotopic (exact) mass is 354 g/mol. The molecule has 2 N–H and O–H groups in total. The molecule has 0 heterocycles. The second-order valence-corrected chi connectivity index (χ2v) is 6.52. The van der Waals surface area contributed by atoms with Crippen LogP contribution in [-0.2, 0) is 0 Å². The van der Waals surface area contributed by atoms with Crippen LogP contribution in [0.2, 0.25) is 0 Å². The minimum Gasteiger partial charge on any atom is -0.491 e. The lowest BCUT2D eigenvalue weighted by atomic mass is 10.1. The van der Waals surface area contributed by atoms with Gasteiger partial charge in [-0.3, -0.25) is 9.59 Å². The molecule has 0 saturated carbocycles. The van der Waals surface area contributed by atoms with Crippen LogP contribution in [-0.4, -0.2) is 24.0 Å². The Kier molecular flexibility index (Phi) is 6.78. The highest BCUT2D eigenvalue weighted by atomic mass is 16.5. The Bertz CT molecular complexity index is 737. The third-order valence-electron chi connectivity index (χ3n) is 3.85. The van der Waals surface area contributed by atoms with Crippen LogP contribution >= 0.6 is 0 Å². The number of hydrogen-bond donors (Lipinski definition) is 2. The second kappa shape index (κ2) is 9.04. The first-order valence-corrected chi connectivity index (χ1v) is 8.88. The van der Waals surface area contributed by atoms with Crippen molar-refractivity contribution in [2.24, 2.45) is 0 Å². The molecule has 2 amide bonds. The summed E-state index contributed by atoms with van der Waals surface area (Å²) < 4.78 is 5.71. The lowest BCUT2D eigenvalue weighted by molar-refractivity contribution is 0.0942. The number of nitrogens with one attached hydrogen (secondary N) is 2. The van der Waals surface area contributed by atoms with Crippen LogP contribution in [0.4, 0.5) is 5.69 Å². The van der Waals surface area contributed by atoms with Crippen LogP contribution in [0.3, 0.4) is 0 Å². The van der Waals surface area contributed by atoms with Crippen molar-refractivity contribution < 1.29 is 14.3 Å². The molecule has 2 aromatic rings. The van der Waals surface area contributed by atoms with Gasteiger partial charge in [0.1, 0.15) is 5.75 Å². The summed E-state index contributed by atoms with van der Waals surface area (Å²) in [5.41, 5.74) is 1.74. The molecule has 0 aromatic heterocycles. The standard InChI is InChI=1S/C21H26N2O3/c1-5-15(4)26-19-12-8-17(9-13-19)21(25)23-18-10-6-16(7-11-18)20(24)22-14(2)3/h6-15H,5H2,1-4H3,(H,22,24)(H,23,25). The predicted molar refractivity (Wildman–Crippen MR) is 104 cm³/mol. The molecule has 0 aliphatic heterocycles. The number of hydrogen-bond acceptors (Lipinski definition) is 3. The van der Waals surface area contributed by atoms with Gasteiger partial charge in [-0.1, -0.05) is 6.92 Å². The summed E-state index contributed by atoms with van der Waals surface area (Å²) in [5.74, 6) is 0.408. The number of rotatable bonds is 7. The van der Waals surface area contributed by atoms with E-state index in [-0.39, 0.29) is 24.0 Å². The average Bonchev–Trinajstić information content (AvgIpc) is 2.62. The van der Waals surface area contributed by atoms with Gasteiger partial charge in [-0.2, -0.15) is 0 Å². The van der Waals surface area contributed by atoms with Crippen LogP contribution in [0.1, 0.15) is 54.8 Å². The van der Waals surface area contributed by atoms with E-state index in [4.69, 9.17) is 4.74 Å². The molecule has 0 spiro atoms. The summed E-state index contributed by atoms with van der Waals surface area (Å²) in [6, 6.07) is 13.9. The summed E-state index contributed by atoms with van der Waals surface area (Å²) in [4.78, 5) is 24.3. The van der Waals surface area contributed by atoms with Crippen molar-refractivity contribution in [2.45, 2.75) is 46.3 Å². The zero-order valence-electron chi connectivity index (χ0n) is 15.7. The number of amides is 2. The molecule has 0 aliphatic carbocycles. The normalized spacial score (nSPS) is 11.7. The summed E-state index contributed by atoms with van der Waals surface area (Å²) in [7, 11) is 0. The van der Waals surface area contributed by atoms with Crippen molar-refractivity contribution in [3.05, 3.63) is 59.7 Å². The number of ether oxygens (including phenoxy) is 1. The van der Waals surface area contributed by atoms with Gasteiger partial charge in [0.15, 0.2) is 0 Å². The molecule has 5 heteroatoms. The van der Waals surface area contributed by atoms with Gasteiger partial charge in [0.2, 0.25) is 0 Å². The predicted octanol–water partition coefficient (Wildman–Crippen LogP) is 4.25. The Balaban J connectivity index is 1.97. The smallest absolute Gasteiger partial charge is 0.255 e. The lowest BCUT2D eigenvalue weighted by Gasteiger charge is -2.13. The van der Waals surface area contributed by atoms with Gasteiger partial charge in [-0.15, -0.1) is 0 Å². The van der Waals surface area contributed by atoms with E-state index in [1.165, 1.54) is 0 Å². The third-order valence-corrected chi connectivity index (χ3v) is 3.85. The zero-order valence-corrected chi connectivity index (χ0v) is 15.7. The van der Waals surface area contributed by atoms with Crippen LogP contribution in [0, 0.1) is 0 Å². The Hall–Kier alpha value is -2.82. The number of benzene rings is 2. The third kappa shape index (κ3) is 5.62. The van der Waals surface area contributed by atoms with Crippen LogP contribution < -0.4 is 15.4 Å². The second-order valence-electron chi connectivity index (χ2n) is 6.52. The lowest BCUT2D eigenvalue weighted by Crippen LogP contribution is -2.30. The fraction of sp³-hybridized carbons (Fsp3) is 0.333. The minimum atomic E-state index is -0.209. The molecule has 26 heavy (non-hydrogen) atoms. The summed E-state index contributed by atoms with van der Waals surface area (Å²) in [5, 5.41) is 5.65. The van der Waals surface area contributed by atoms with Crippen molar-refractivity contribution in [3.8, 4) is 5.75 Å². The molecular formula is C21H26N2O3. The van der Waals surface area contributed by atoms with Crippen molar-refractivity contribution >= 4 is 17.5 Å². The van der Waals surface area contributed by atoms with E-state index < -0.39 is 0 Å². The van der Waals surface area contributed by atoms with E-state index >= 15 is 0 Å². The fourth-order valence-corrected chi connectivity index (χ4v) is 2.25. The molecule has 1 unspecified atom stereocenters. The molecule has 2 aromatic carbocycles. The van der Waals surface area contributed by atoms with Gasteiger partial charge in [0, 0.05) is 22.9 Å². The summed E-state index contributed by atoms with van der Waals surface area (Å²) in [6.45, 7) is 7.88. The quantitative estimate of drug-likeness (QED) is 0.781. The van der Waals surface area contributed by atoms with E-state index in [0.29, 0.717) is 16.8 Å². The minimum absolute atomic E-state index is 0.0779. The first-order chi connectivity index (χ1) is 12.4. The Labute approximate surface area is 154 Å². The molecule has 2 rings (SSSR count). The largest absolute Gasteiger partial charge is 0.491 e. The van der Waals surface area contributed by atoms with E-state index in [2.05, 4.69) is 17.6 Å². The highest BCUT2D eigenvalue weighted by Gasteiger charge is 2.09. The van der Waals surface area contributed by atoms with Gasteiger partial charge < -0.3 is 15.4 Å². The maximum Gasteiger partial charge on any atom is 0.255 e. The molecule has 0 bridgehead atoms. The maximum atomic E-state index is 12.3. The topological polar surface area (TPSA) is 67.4 Å². The van der Waals surface area contributed by atoms with E-state index in [1.54, 1.807) is 48.5 Å². The van der Waals surface area contributed by atoms with E-state index in [0.717, 1.165) is 12.2 Å². The summed E-state index contributed by atoms with van der Waals surface area (Å²) >= 11 is 0. The van der Waals surface area contributed by atoms with Gasteiger partial charge in [0.25, 0.3) is 11.8 Å².